The Bertz CT molecular complexity index is 178. The van der Waals surface area contributed by atoms with Crippen LogP contribution in [0.2, 0.25) is 0 Å². The van der Waals surface area contributed by atoms with Crippen LogP contribution in [0.4, 0.5) is 0 Å². The van der Waals surface area contributed by atoms with Gasteiger partial charge < -0.3 is 0 Å². The van der Waals surface area contributed by atoms with E-state index in [-0.39, 0.29) is 0 Å². The molecular weight excluding hydrogens is 216 g/mol. The van der Waals surface area contributed by atoms with E-state index in [2.05, 4.69) is 0 Å². The van der Waals surface area contributed by atoms with Crippen molar-refractivity contribution in [3.63, 3.8) is 0 Å². The molecule has 0 saturated heterocycles. The minimum absolute atomic E-state index is 0.523. The maximum Gasteiger partial charge on any atom is 0.0367 e. The van der Waals surface area contributed by atoms with Crippen LogP contribution in [-0.4, -0.2) is 5.38 Å². The normalized spacial score (nSPS) is 35.1. The zero-order valence-corrected chi connectivity index (χ0v) is 11.4. The Balaban J connectivity index is 1.78. The molecule has 0 bridgehead atoms. The summed E-state index contributed by atoms with van der Waals surface area (Å²) in [5.74, 6) is 1.84. The van der Waals surface area contributed by atoms with Crippen molar-refractivity contribution in [2.24, 2.45) is 11.8 Å². The van der Waals surface area contributed by atoms with Crippen LogP contribution in [0, 0.1) is 11.8 Å². The molecule has 2 saturated carbocycles. The van der Waals surface area contributed by atoms with Crippen LogP contribution in [0.15, 0.2) is 0 Å². The van der Waals surface area contributed by atoms with E-state index in [1.54, 1.807) is 0 Å². The second-order valence-corrected chi connectivity index (χ2v) is 6.48. The molecule has 0 aromatic carbocycles. The zero-order chi connectivity index (χ0) is 11.2. The summed E-state index contributed by atoms with van der Waals surface area (Å²) in [5, 5.41) is 0.523. The molecule has 2 fully saturated rings. The van der Waals surface area contributed by atoms with Gasteiger partial charge in [-0.1, -0.05) is 64.2 Å². The molecule has 0 aromatic heterocycles. The molecule has 2 unspecified atom stereocenters. The van der Waals surface area contributed by atoms with Crippen LogP contribution in [0.25, 0.3) is 0 Å². The first-order chi connectivity index (χ1) is 7.88. The number of hydrogen-bond donors (Lipinski definition) is 0. The molecule has 0 aromatic rings. The van der Waals surface area contributed by atoms with E-state index < -0.39 is 0 Å². The molecule has 16 heavy (non-hydrogen) atoms. The van der Waals surface area contributed by atoms with Gasteiger partial charge in [-0.05, 0) is 24.7 Å². The molecule has 2 atom stereocenters. The third-order valence-electron chi connectivity index (χ3n) is 4.75. The molecule has 2 aliphatic carbocycles. The first-order valence-electron chi connectivity index (χ1n) is 7.52. The molecule has 2 aliphatic rings. The van der Waals surface area contributed by atoms with Crippen molar-refractivity contribution in [3.8, 4) is 0 Å². The third-order valence-corrected chi connectivity index (χ3v) is 5.29. The minimum Gasteiger partial charge on any atom is -0.123 e. The Morgan fingerprint density at radius 3 is 1.44 bits per heavy atom. The Kier molecular flexibility index (Phi) is 5.48. The van der Waals surface area contributed by atoms with E-state index in [1.165, 1.54) is 77.0 Å². The highest BCUT2D eigenvalue weighted by molar-refractivity contribution is 6.21. The van der Waals surface area contributed by atoms with Crippen molar-refractivity contribution in [3.05, 3.63) is 0 Å². The van der Waals surface area contributed by atoms with Gasteiger partial charge >= 0.3 is 0 Å². The van der Waals surface area contributed by atoms with Crippen LogP contribution >= 0.6 is 11.6 Å². The van der Waals surface area contributed by atoms with E-state index in [0.29, 0.717) is 5.38 Å². The van der Waals surface area contributed by atoms with Crippen LogP contribution in [0.5, 0.6) is 0 Å². The van der Waals surface area contributed by atoms with Gasteiger partial charge in [-0.2, -0.15) is 0 Å². The lowest BCUT2D eigenvalue weighted by Crippen LogP contribution is -2.33. The molecule has 0 amide bonds. The van der Waals surface area contributed by atoms with Crippen LogP contribution in [0.1, 0.15) is 77.0 Å². The predicted octanol–water partition coefficient (Wildman–Crippen LogP) is 5.53. The summed E-state index contributed by atoms with van der Waals surface area (Å²) in [6, 6.07) is 0. The average Bonchev–Trinajstić information content (AvgIpc) is 2.33. The van der Waals surface area contributed by atoms with Gasteiger partial charge in [0.05, 0.1) is 0 Å². The lowest BCUT2D eigenvalue weighted by atomic mass is 9.71. The van der Waals surface area contributed by atoms with E-state index in [1.807, 2.05) is 0 Å². The van der Waals surface area contributed by atoms with Crippen molar-refractivity contribution >= 4 is 11.6 Å². The lowest BCUT2D eigenvalue weighted by molar-refractivity contribution is 0.185. The van der Waals surface area contributed by atoms with Crippen molar-refractivity contribution in [1.29, 1.82) is 0 Å². The fourth-order valence-electron chi connectivity index (χ4n) is 3.46. The SMILES string of the molecule is ClC1CCC1C1CCCCCCCCCC1. The summed E-state index contributed by atoms with van der Waals surface area (Å²) in [4.78, 5) is 0. The Hall–Kier alpha value is 0.290. The van der Waals surface area contributed by atoms with E-state index in [9.17, 15) is 0 Å². The molecular formula is C15H27Cl. The maximum atomic E-state index is 6.35. The smallest absolute Gasteiger partial charge is 0.0367 e. The van der Waals surface area contributed by atoms with E-state index >= 15 is 0 Å². The standard InChI is InChI=1S/C15H27Cl/c16-15-12-11-14(15)13-9-7-5-3-1-2-4-6-8-10-13/h13-15H,1-12H2. The first kappa shape index (κ1) is 12.7. The third kappa shape index (κ3) is 3.65. The summed E-state index contributed by atoms with van der Waals surface area (Å²) in [5.41, 5.74) is 0. The summed E-state index contributed by atoms with van der Waals surface area (Å²) in [6.07, 6.45) is 17.4. The summed E-state index contributed by atoms with van der Waals surface area (Å²) < 4.78 is 0. The van der Waals surface area contributed by atoms with E-state index in [4.69, 9.17) is 11.6 Å². The summed E-state index contributed by atoms with van der Waals surface area (Å²) in [6.45, 7) is 0. The quantitative estimate of drug-likeness (QED) is 0.530. The number of hydrogen-bond acceptors (Lipinski definition) is 0. The van der Waals surface area contributed by atoms with Crippen LogP contribution in [-0.2, 0) is 0 Å². The maximum absolute atomic E-state index is 6.35. The monoisotopic (exact) mass is 242 g/mol. The topological polar surface area (TPSA) is 0 Å². The van der Waals surface area contributed by atoms with Gasteiger partial charge in [0.1, 0.15) is 0 Å². The number of halogens is 1. The summed E-state index contributed by atoms with van der Waals surface area (Å²) >= 11 is 6.35. The van der Waals surface area contributed by atoms with Gasteiger partial charge in [0.2, 0.25) is 0 Å². The fourth-order valence-corrected chi connectivity index (χ4v) is 3.92. The zero-order valence-electron chi connectivity index (χ0n) is 10.6. The Morgan fingerprint density at radius 2 is 1.06 bits per heavy atom. The molecule has 0 heterocycles. The fraction of sp³-hybridized carbons (Fsp3) is 1.00. The number of rotatable bonds is 1. The van der Waals surface area contributed by atoms with Gasteiger partial charge in [0.15, 0.2) is 0 Å². The Labute approximate surface area is 106 Å². The van der Waals surface area contributed by atoms with E-state index in [0.717, 1.165) is 11.8 Å². The molecule has 2 rings (SSSR count). The molecule has 94 valence electrons. The predicted molar refractivity (Wildman–Crippen MR) is 72.0 cm³/mol. The molecule has 0 nitrogen and oxygen atoms in total. The largest absolute Gasteiger partial charge is 0.123 e. The second-order valence-electron chi connectivity index (χ2n) is 5.92. The molecule has 1 heteroatoms. The summed E-state index contributed by atoms with van der Waals surface area (Å²) in [7, 11) is 0. The number of alkyl halides is 1. The highest BCUT2D eigenvalue weighted by Crippen LogP contribution is 2.42. The van der Waals surface area contributed by atoms with Gasteiger partial charge in [-0.25, -0.2) is 0 Å². The Morgan fingerprint density at radius 1 is 0.562 bits per heavy atom. The molecule has 0 N–H and O–H groups in total. The minimum atomic E-state index is 0.523. The second kappa shape index (κ2) is 6.89. The van der Waals surface area contributed by atoms with Gasteiger partial charge in [-0.15, -0.1) is 11.6 Å². The van der Waals surface area contributed by atoms with Crippen molar-refractivity contribution in [2.75, 3.05) is 0 Å². The van der Waals surface area contributed by atoms with Crippen molar-refractivity contribution in [2.45, 2.75) is 82.4 Å². The van der Waals surface area contributed by atoms with Crippen molar-refractivity contribution in [1.82, 2.24) is 0 Å². The lowest BCUT2D eigenvalue weighted by Gasteiger charge is -2.38. The molecule has 0 aliphatic heterocycles. The van der Waals surface area contributed by atoms with Gasteiger partial charge in [0, 0.05) is 5.38 Å². The average molecular weight is 243 g/mol. The highest BCUT2D eigenvalue weighted by atomic mass is 35.5. The van der Waals surface area contributed by atoms with Crippen LogP contribution in [0.3, 0.4) is 0 Å². The highest BCUT2D eigenvalue weighted by Gasteiger charge is 2.34. The molecule has 0 radical (unpaired) electrons. The van der Waals surface area contributed by atoms with Crippen molar-refractivity contribution < 1.29 is 0 Å². The first-order valence-corrected chi connectivity index (χ1v) is 7.95. The molecule has 0 spiro atoms. The van der Waals surface area contributed by atoms with Gasteiger partial charge in [0.25, 0.3) is 0 Å². The van der Waals surface area contributed by atoms with Crippen LogP contribution < -0.4 is 0 Å². The van der Waals surface area contributed by atoms with Gasteiger partial charge in [-0.3, -0.25) is 0 Å².